The summed E-state index contributed by atoms with van der Waals surface area (Å²) in [4.78, 5) is 60.1. The van der Waals surface area contributed by atoms with Crippen LogP contribution in [0.3, 0.4) is 0 Å². The molecule has 8 N–H and O–H groups in total. The number of aliphatic hydroxyl groups is 2. The van der Waals surface area contributed by atoms with E-state index in [1.807, 2.05) is 77.2 Å². The van der Waals surface area contributed by atoms with Gasteiger partial charge in [0.2, 0.25) is 12.7 Å². The maximum atomic E-state index is 13.0. The second kappa shape index (κ2) is 32.8. The molecule has 0 radical (unpaired) electrons. The molecule has 3 unspecified atom stereocenters. The molecule has 0 saturated carbocycles. The maximum absolute atomic E-state index is 13.0. The van der Waals surface area contributed by atoms with E-state index < -0.39 is 30.6 Å². The first-order valence-electron chi connectivity index (χ1n) is 21.0. The van der Waals surface area contributed by atoms with Crippen molar-refractivity contribution in [1.29, 1.82) is 0 Å². The third kappa shape index (κ3) is 18.7. The minimum atomic E-state index is -1.29. The lowest BCUT2D eigenvalue weighted by atomic mass is 9.93. The number of ether oxygens (including phenoxy) is 5. The Morgan fingerprint density at radius 3 is 2.15 bits per heavy atom. The highest BCUT2D eigenvalue weighted by molar-refractivity contribution is 6.20. The van der Waals surface area contributed by atoms with Crippen LogP contribution in [0.1, 0.15) is 59.0 Å². The lowest BCUT2D eigenvalue weighted by Gasteiger charge is -2.35. The van der Waals surface area contributed by atoms with E-state index >= 15 is 0 Å². The Balaban J connectivity index is 0.000000486. The third-order valence-corrected chi connectivity index (χ3v) is 9.42. The summed E-state index contributed by atoms with van der Waals surface area (Å²) in [6.45, 7) is 11.8. The van der Waals surface area contributed by atoms with Gasteiger partial charge in [-0.1, -0.05) is 57.2 Å². The zero-order chi connectivity index (χ0) is 48.7. The van der Waals surface area contributed by atoms with Crippen molar-refractivity contribution in [3.8, 4) is 11.5 Å². The van der Waals surface area contributed by atoms with E-state index in [1.54, 1.807) is 37.3 Å². The SMILES string of the molecule is CC.CCc1ccc(OC2OC(C(=O)O)CC(O)[C@H]2O)c(C)c1.CNCCN(C)C(=O)c1ccc(OC)c2cc3ccccc3c(C=O)c12.NOCCOCCOCCNC=O.O=CO. The van der Waals surface area contributed by atoms with Crippen molar-refractivity contribution < 1.29 is 72.9 Å². The molecule has 1 aliphatic heterocycles. The molecular formula is C46H66N4O15. The number of amides is 2. The number of carboxylic acid groups (broad SMARTS) is 2. The number of carbonyl (C=O) groups is 5. The zero-order valence-electron chi connectivity index (χ0n) is 38.2. The fraction of sp³-hybridized carbons (Fsp3) is 0.457. The highest BCUT2D eigenvalue weighted by Gasteiger charge is 2.41. The van der Waals surface area contributed by atoms with Crippen LogP contribution in [-0.2, 0) is 39.9 Å². The first-order valence-corrected chi connectivity index (χ1v) is 21.0. The van der Waals surface area contributed by atoms with E-state index in [9.17, 15) is 29.4 Å². The molecule has 360 valence electrons. The number of hydrogen-bond donors (Lipinski definition) is 7. The molecule has 19 heteroatoms. The minimum absolute atomic E-state index is 0.119. The van der Waals surface area contributed by atoms with E-state index in [0.717, 1.165) is 40.0 Å². The summed E-state index contributed by atoms with van der Waals surface area (Å²) in [7, 11) is 5.19. The Bertz CT molecular complexity index is 2040. The lowest BCUT2D eigenvalue weighted by Crippen LogP contribution is -2.52. The van der Waals surface area contributed by atoms with Gasteiger partial charge in [0.05, 0.1) is 46.2 Å². The zero-order valence-corrected chi connectivity index (χ0v) is 38.2. The molecule has 2 amide bonds. The summed E-state index contributed by atoms with van der Waals surface area (Å²) in [6.07, 6.45) is -2.68. The van der Waals surface area contributed by atoms with Crippen molar-refractivity contribution in [2.24, 2.45) is 5.90 Å². The number of carboxylic acids is 1. The Hall–Kier alpha value is -5.77. The first kappa shape index (κ1) is 57.2. The summed E-state index contributed by atoms with van der Waals surface area (Å²) in [5.41, 5.74) is 3.03. The van der Waals surface area contributed by atoms with Gasteiger partial charge in [0.15, 0.2) is 12.4 Å². The second-order valence-electron chi connectivity index (χ2n) is 13.7. The number of fused-ring (bicyclic) bond motifs is 2. The normalized spacial score (nSPS) is 16.0. The van der Waals surface area contributed by atoms with Crippen LogP contribution >= 0.6 is 0 Å². The average molecular weight is 915 g/mol. The monoisotopic (exact) mass is 914 g/mol. The van der Waals surface area contributed by atoms with Crippen molar-refractivity contribution in [3.05, 3.63) is 82.9 Å². The smallest absolute Gasteiger partial charge is 0.333 e. The van der Waals surface area contributed by atoms with E-state index in [1.165, 1.54) is 0 Å². The Morgan fingerprint density at radius 1 is 0.923 bits per heavy atom. The predicted molar refractivity (Wildman–Crippen MR) is 244 cm³/mol. The number of carbonyl (C=O) groups excluding carboxylic acids is 3. The van der Waals surface area contributed by atoms with Gasteiger partial charge < -0.3 is 64.5 Å². The molecule has 4 atom stereocenters. The molecule has 1 fully saturated rings. The predicted octanol–water partition coefficient (Wildman–Crippen LogP) is 3.35. The number of benzene rings is 4. The number of hydrogen-bond acceptors (Lipinski definition) is 15. The van der Waals surface area contributed by atoms with Crippen LogP contribution in [0.2, 0.25) is 0 Å². The Kier molecular flexibility index (Phi) is 28.9. The highest BCUT2D eigenvalue weighted by Crippen LogP contribution is 2.36. The van der Waals surface area contributed by atoms with Crippen LogP contribution in [0.25, 0.3) is 21.5 Å². The van der Waals surface area contributed by atoms with E-state index in [4.69, 9.17) is 44.6 Å². The van der Waals surface area contributed by atoms with E-state index in [2.05, 4.69) is 15.5 Å². The van der Waals surface area contributed by atoms with Gasteiger partial charge in [-0.15, -0.1) is 0 Å². The molecule has 0 aliphatic carbocycles. The van der Waals surface area contributed by atoms with Crippen LogP contribution in [0.4, 0.5) is 0 Å². The van der Waals surface area contributed by atoms with Gasteiger partial charge in [-0.2, -0.15) is 0 Å². The number of aldehydes is 1. The van der Waals surface area contributed by atoms with E-state index in [-0.39, 0.29) is 18.8 Å². The van der Waals surface area contributed by atoms with Gasteiger partial charge in [-0.05, 0) is 66.6 Å². The molecule has 0 spiro atoms. The molecule has 4 aromatic rings. The number of nitrogens with zero attached hydrogens (tertiary/aromatic N) is 1. The van der Waals surface area contributed by atoms with Gasteiger partial charge in [-0.25, -0.2) is 10.7 Å². The number of aliphatic carboxylic acids is 1. The topological polar surface area (TPSA) is 275 Å². The summed E-state index contributed by atoms with van der Waals surface area (Å²) in [5, 5.41) is 44.2. The summed E-state index contributed by atoms with van der Waals surface area (Å²) >= 11 is 0. The number of aliphatic hydroxyl groups excluding tert-OH is 2. The molecule has 65 heavy (non-hydrogen) atoms. The number of rotatable bonds is 20. The molecule has 1 heterocycles. The molecular weight excluding hydrogens is 849 g/mol. The van der Waals surface area contributed by atoms with Gasteiger partial charge in [0.1, 0.15) is 17.6 Å². The maximum Gasteiger partial charge on any atom is 0.333 e. The van der Waals surface area contributed by atoms with Crippen LogP contribution < -0.4 is 26.0 Å². The third-order valence-electron chi connectivity index (χ3n) is 9.42. The molecule has 0 aromatic heterocycles. The van der Waals surface area contributed by atoms with Gasteiger partial charge in [0, 0.05) is 55.0 Å². The number of nitrogens with one attached hydrogen (secondary N) is 2. The first-order chi connectivity index (χ1) is 31.4. The highest BCUT2D eigenvalue weighted by atomic mass is 16.7. The molecule has 19 nitrogen and oxygen atoms in total. The minimum Gasteiger partial charge on any atom is -0.496 e. The molecule has 1 aliphatic rings. The van der Waals surface area contributed by atoms with Crippen molar-refractivity contribution >= 4 is 52.6 Å². The quantitative estimate of drug-likeness (QED) is 0.0290. The van der Waals surface area contributed by atoms with Crippen molar-refractivity contribution in [1.82, 2.24) is 15.5 Å². The largest absolute Gasteiger partial charge is 0.496 e. The number of nitrogens with two attached hydrogens (primary N) is 1. The van der Waals surface area contributed by atoms with Crippen LogP contribution in [0.15, 0.2) is 60.7 Å². The van der Waals surface area contributed by atoms with Crippen molar-refractivity contribution in [3.63, 3.8) is 0 Å². The molecule has 1 saturated heterocycles. The Labute approximate surface area is 379 Å². The lowest BCUT2D eigenvalue weighted by molar-refractivity contribution is -0.238. The molecule has 5 rings (SSSR count). The molecule has 4 aromatic carbocycles. The van der Waals surface area contributed by atoms with Crippen LogP contribution in [0, 0.1) is 6.92 Å². The number of aryl methyl sites for hydroxylation is 2. The fourth-order valence-electron chi connectivity index (χ4n) is 6.16. The fourth-order valence-corrected chi connectivity index (χ4v) is 6.16. The summed E-state index contributed by atoms with van der Waals surface area (Å²) < 4.78 is 26.4. The van der Waals surface area contributed by atoms with E-state index in [0.29, 0.717) is 87.1 Å². The molecule has 0 bridgehead atoms. The Morgan fingerprint density at radius 2 is 1.57 bits per heavy atom. The second-order valence-corrected chi connectivity index (χ2v) is 13.7. The van der Waals surface area contributed by atoms with Crippen molar-refractivity contribution in [2.75, 3.05) is 73.9 Å². The van der Waals surface area contributed by atoms with Gasteiger partial charge in [-0.3, -0.25) is 19.2 Å². The van der Waals surface area contributed by atoms with Crippen LogP contribution in [0.5, 0.6) is 11.5 Å². The standard InChI is InChI=1S/C21H22N2O3.C15H20O6.C7H16N2O4.C2H6.CH2O2/c1-22-10-11-23(2)21(25)16-8-9-19(26-3)17-12-14-6-4-5-7-15(14)18(13-24)20(16)17;1-3-9-4-5-11(8(2)6-9)20-15-13(17)10(16)7-12(21-15)14(18)19;8-13-6-5-12-4-3-11-2-1-9-7-10;1-2;2-1-3/h4-9,12-13,22H,10-11H2,1-3H3;4-6,10,12-13,15-17H,3,7H2,1-2H3,(H,18,19);7H,1-6,8H2,(H,9,10);1-2H3;1H,(H,2,3)/t;10?,12?,13-,15?;;;/m.1.../s1. The summed E-state index contributed by atoms with van der Waals surface area (Å²) in [5.74, 6) is 4.60. The van der Waals surface area contributed by atoms with Gasteiger partial charge >= 0.3 is 5.97 Å². The van der Waals surface area contributed by atoms with Crippen molar-refractivity contribution in [2.45, 2.75) is 65.1 Å². The summed E-state index contributed by atoms with van der Waals surface area (Å²) in [6, 6.07) is 18.8. The number of methoxy groups -OCH3 is 1. The van der Waals surface area contributed by atoms with Crippen LogP contribution in [-0.4, -0.2) is 155 Å². The number of likely N-dealkylation sites (N-methyl/N-ethyl adjacent to an activating group) is 2. The van der Waals surface area contributed by atoms with Gasteiger partial charge in [0.25, 0.3) is 12.4 Å². The average Bonchev–Trinajstić information content (AvgIpc) is 3.32.